The van der Waals surface area contributed by atoms with Crippen LogP contribution < -0.4 is 0 Å². The zero-order valence-electron chi connectivity index (χ0n) is 12.2. The van der Waals surface area contributed by atoms with Crippen molar-refractivity contribution in [2.75, 3.05) is 13.1 Å². The first-order valence-corrected chi connectivity index (χ1v) is 7.46. The van der Waals surface area contributed by atoms with Gasteiger partial charge < -0.3 is 10.0 Å². The molecule has 0 radical (unpaired) electrons. The standard InChI is InChI=1S/C16H16F3NO3/c17-16(18,19)13-4-2-1-3-10(13)11-7-12(11)14(21)20-6-5-9(8-20)15(22)23/h1-4,9,11-12H,5-8H2,(H,22,23). The van der Waals surface area contributed by atoms with Crippen LogP contribution in [-0.2, 0) is 15.8 Å². The molecular weight excluding hydrogens is 311 g/mol. The summed E-state index contributed by atoms with van der Waals surface area (Å²) < 4.78 is 39.1. The van der Waals surface area contributed by atoms with E-state index in [0.29, 0.717) is 19.4 Å². The Labute approximate surface area is 130 Å². The van der Waals surface area contributed by atoms with Crippen LogP contribution in [0.1, 0.15) is 29.9 Å². The van der Waals surface area contributed by atoms with E-state index in [9.17, 15) is 22.8 Å². The van der Waals surface area contributed by atoms with Gasteiger partial charge in [0.1, 0.15) is 0 Å². The zero-order valence-corrected chi connectivity index (χ0v) is 12.2. The maximum atomic E-state index is 13.0. The molecule has 3 atom stereocenters. The fraction of sp³-hybridized carbons (Fsp3) is 0.500. The molecule has 2 aliphatic rings. The molecular formula is C16H16F3NO3. The number of nitrogens with zero attached hydrogens (tertiary/aromatic N) is 1. The van der Waals surface area contributed by atoms with Gasteiger partial charge in [-0.1, -0.05) is 18.2 Å². The number of likely N-dealkylation sites (tertiary alicyclic amines) is 1. The first-order chi connectivity index (χ1) is 10.8. The minimum Gasteiger partial charge on any atom is -0.481 e. The van der Waals surface area contributed by atoms with Gasteiger partial charge in [-0.15, -0.1) is 0 Å². The predicted octanol–water partition coefficient (Wildman–Crippen LogP) is 2.74. The Kier molecular flexibility index (Phi) is 3.82. The molecule has 3 rings (SSSR count). The van der Waals surface area contributed by atoms with Gasteiger partial charge in [0.15, 0.2) is 0 Å². The van der Waals surface area contributed by atoms with E-state index < -0.39 is 35.5 Å². The number of carboxylic acid groups (broad SMARTS) is 1. The lowest BCUT2D eigenvalue weighted by Crippen LogP contribution is -2.31. The molecule has 1 N–H and O–H groups in total. The van der Waals surface area contributed by atoms with Gasteiger partial charge in [-0.2, -0.15) is 13.2 Å². The van der Waals surface area contributed by atoms with E-state index in [1.54, 1.807) is 6.07 Å². The molecule has 1 saturated carbocycles. The molecule has 0 spiro atoms. The van der Waals surface area contributed by atoms with E-state index in [2.05, 4.69) is 0 Å². The van der Waals surface area contributed by atoms with Crippen LogP contribution in [0.5, 0.6) is 0 Å². The minimum absolute atomic E-state index is 0.151. The Morgan fingerprint density at radius 3 is 2.52 bits per heavy atom. The van der Waals surface area contributed by atoms with Crippen LogP contribution in [-0.4, -0.2) is 35.0 Å². The van der Waals surface area contributed by atoms with E-state index in [1.807, 2.05) is 0 Å². The smallest absolute Gasteiger partial charge is 0.416 e. The predicted molar refractivity (Wildman–Crippen MR) is 74.6 cm³/mol. The molecule has 1 aromatic carbocycles. The summed E-state index contributed by atoms with van der Waals surface area (Å²) in [5, 5.41) is 8.96. The van der Waals surface area contributed by atoms with Crippen LogP contribution in [0.4, 0.5) is 13.2 Å². The fourth-order valence-electron chi connectivity index (χ4n) is 3.29. The van der Waals surface area contributed by atoms with Gasteiger partial charge >= 0.3 is 12.1 Å². The molecule has 1 saturated heterocycles. The van der Waals surface area contributed by atoms with Gasteiger partial charge in [-0.3, -0.25) is 9.59 Å². The molecule has 1 aliphatic carbocycles. The Morgan fingerprint density at radius 2 is 1.91 bits per heavy atom. The average molecular weight is 327 g/mol. The molecule has 1 heterocycles. The van der Waals surface area contributed by atoms with Crippen molar-refractivity contribution in [3.63, 3.8) is 0 Å². The van der Waals surface area contributed by atoms with Crippen LogP contribution in [0.3, 0.4) is 0 Å². The molecule has 124 valence electrons. The quantitative estimate of drug-likeness (QED) is 0.929. The van der Waals surface area contributed by atoms with Gasteiger partial charge in [-0.05, 0) is 30.4 Å². The summed E-state index contributed by atoms with van der Waals surface area (Å²) in [6, 6.07) is 5.33. The number of aliphatic carboxylic acids is 1. The second-order valence-electron chi connectivity index (χ2n) is 6.14. The Balaban J connectivity index is 1.71. The molecule has 4 nitrogen and oxygen atoms in total. The zero-order chi connectivity index (χ0) is 16.8. The van der Waals surface area contributed by atoms with Crippen molar-refractivity contribution >= 4 is 11.9 Å². The highest BCUT2D eigenvalue weighted by Crippen LogP contribution is 2.52. The summed E-state index contributed by atoms with van der Waals surface area (Å²) in [7, 11) is 0. The van der Waals surface area contributed by atoms with Gasteiger partial charge in [-0.25, -0.2) is 0 Å². The van der Waals surface area contributed by atoms with Crippen molar-refractivity contribution in [1.82, 2.24) is 4.90 Å². The molecule has 1 amide bonds. The summed E-state index contributed by atoms with van der Waals surface area (Å²) in [4.78, 5) is 24.8. The van der Waals surface area contributed by atoms with Gasteiger partial charge in [0, 0.05) is 19.0 Å². The highest BCUT2D eigenvalue weighted by atomic mass is 19.4. The third-order valence-electron chi connectivity index (χ3n) is 4.62. The molecule has 23 heavy (non-hydrogen) atoms. The third kappa shape index (κ3) is 3.04. The number of benzene rings is 1. The second kappa shape index (κ2) is 5.54. The van der Waals surface area contributed by atoms with E-state index in [1.165, 1.54) is 17.0 Å². The second-order valence-corrected chi connectivity index (χ2v) is 6.14. The number of hydrogen-bond donors (Lipinski definition) is 1. The molecule has 3 unspecified atom stereocenters. The van der Waals surface area contributed by atoms with Crippen LogP contribution in [0.15, 0.2) is 24.3 Å². The maximum Gasteiger partial charge on any atom is 0.416 e. The number of carboxylic acids is 1. The number of carbonyl (C=O) groups is 2. The van der Waals surface area contributed by atoms with Crippen molar-refractivity contribution < 1.29 is 27.9 Å². The lowest BCUT2D eigenvalue weighted by atomic mass is 10.0. The van der Waals surface area contributed by atoms with Crippen LogP contribution in [0.25, 0.3) is 0 Å². The number of carbonyl (C=O) groups excluding carboxylic acids is 1. The average Bonchev–Trinajstić information content (AvgIpc) is 3.12. The van der Waals surface area contributed by atoms with E-state index >= 15 is 0 Å². The van der Waals surface area contributed by atoms with E-state index in [4.69, 9.17) is 5.11 Å². The Bertz CT molecular complexity index is 644. The first kappa shape index (κ1) is 15.8. The number of rotatable bonds is 3. The van der Waals surface area contributed by atoms with Crippen molar-refractivity contribution in [2.24, 2.45) is 11.8 Å². The molecule has 2 fully saturated rings. The highest BCUT2D eigenvalue weighted by molar-refractivity contribution is 5.84. The Hall–Kier alpha value is -2.05. The van der Waals surface area contributed by atoms with Gasteiger partial charge in [0.2, 0.25) is 5.91 Å². The topological polar surface area (TPSA) is 57.6 Å². The van der Waals surface area contributed by atoms with Gasteiger partial charge in [0.25, 0.3) is 0 Å². The van der Waals surface area contributed by atoms with E-state index in [0.717, 1.165) is 6.07 Å². The van der Waals surface area contributed by atoms with Crippen molar-refractivity contribution in [2.45, 2.75) is 24.9 Å². The van der Waals surface area contributed by atoms with Crippen molar-refractivity contribution in [3.8, 4) is 0 Å². The van der Waals surface area contributed by atoms with Gasteiger partial charge in [0.05, 0.1) is 11.5 Å². The van der Waals surface area contributed by atoms with Crippen LogP contribution >= 0.6 is 0 Å². The molecule has 0 aromatic heterocycles. The number of hydrogen-bond acceptors (Lipinski definition) is 2. The normalized spacial score (nSPS) is 27.1. The SMILES string of the molecule is O=C(O)C1CCN(C(=O)C2CC2c2ccccc2C(F)(F)F)C1. The number of halogens is 3. The summed E-state index contributed by atoms with van der Waals surface area (Å²) in [6.45, 7) is 0.512. The summed E-state index contributed by atoms with van der Waals surface area (Å²) in [5.74, 6) is -2.63. The van der Waals surface area contributed by atoms with Crippen LogP contribution in [0, 0.1) is 11.8 Å². The molecule has 7 heteroatoms. The molecule has 1 aromatic rings. The minimum atomic E-state index is -4.44. The largest absolute Gasteiger partial charge is 0.481 e. The molecule has 0 bridgehead atoms. The number of amides is 1. The lowest BCUT2D eigenvalue weighted by Gasteiger charge is -2.17. The first-order valence-electron chi connectivity index (χ1n) is 7.46. The number of alkyl halides is 3. The summed E-state index contributed by atoms with van der Waals surface area (Å²) >= 11 is 0. The maximum absolute atomic E-state index is 13.0. The van der Waals surface area contributed by atoms with Crippen molar-refractivity contribution in [3.05, 3.63) is 35.4 Å². The lowest BCUT2D eigenvalue weighted by molar-refractivity contribution is -0.142. The van der Waals surface area contributed by atoms with Crippen LogP contribution in [0.2, 0.25) is 0 Å². The highest BCUT2D eigenvalue weighted by Gasteiger charge is 2.50. The fourth-order valence-corrected chi connectivity index (χ4v) is 3.29. The third-order valence-corrected chi connectivity index (χ3v) is 4.62. The monoisotopic (exact) mass is 327 g/mol. The Morgan fingerprint density at radius 1 is 1.22 bits per heavy atom. The summed E-state index contributed by atoms with van der Waals surface area (Å²) in [6.07, 6.45) is -3.65. The summed E-state index contributed by atoms with van der Waals surface area (Å²) in [5.41, 5.74) is -0.530. The van der Waals surface area contributed by atoms with E-state index in [-0.39, 0.29) is 18.0 Å². The molecule has 1 aliphatic heterocycles. The van der Waals surface area contributed by atoms with Crippen molar-refractivity contribution in [1.29, 1.82) is 0 Å².